The minimum atomic E-state index is -0.452. The molecule has 0 fully saturated rings. The van der Waals surface area contributed by atoms with Crippen LogP contribution >= 0.6 is 34.5 Å². The molecule has 0 atom stereocenters. The number of aromatic nitrogens is 2. The summed E-state index contributed by atoms with van der Waals surface area (Å²) in [5.74, 6) is 0.0258. The van der Waals surface area contributed by atoms with Crippen LogP contribution in [0.2, 0.25) is 10.3 Å². The average molecular weight is 328 g/mol. The lowest BCUT2D eigenvalue weighted by Gasteiger charge is -2.08. The van der Waals surface area contributed by atoms with E-state index in [-0.39, 0.29) is 11.0 Å². The number of thiophene rings is 1. The molecule has 20 heavy (non-hydrogen) atoms. The van der Waals surface area contributed by atoms with Crippen molar-refractivity contribution in [1.82, 2.24) is 9.97 Å². The predicted octanol–water partition coefficient (Wildman–Crippen LogP) is 5.19. The number of hydrogen-bond donors (Lipinski definition) is 1. The van der Waals surface area contributed by atoms with Crippen LogP contribution in [-0.2, 0) is 0 Å². The largest absolute Gasteiger partial charge is 0.337 e. The molecule has 0 spiro atoms. The first-order valence-corrected chi connectivity index (χ1v) is 7.26. The molecule has 0 aliphatic heterocycles. The Morgan fingerprint density at radius 1 is 1.20 bits per heavy atom. The Morgan fingerprint density at radius 3 is 2.75 bits per heavy atom. The Morgan fingerprint density at radius 2 is 2.00 bits per heavy atom. The highest BCUT2D eigenvalue weighted by Gasteiger charge is 2.11. The van der Waals surface area contributed by atoms with E-state index in [1.807, 2.05) is 13.0 Å². The Hall–Kier alpha value is -1.43. The van der Waals surface area contributed by atoms with E-state index in [2.05, 4.69) is 15.3 Å². The van der Waals surface area contributed by atoms with Gasteiger partial charge in [-0.2, -0.15) is 4.98 Å². The molecule has 3 aromatic rings. The molecule has 7 heteroatoms. The van der Waals surface area contributed by atoms with Crippen molar-refractivity contribution in [3.8, 4) is 0 Å². The second kappa shape index (κ2) is 5.16. The maximum atomic E-state index is 13.8. The van der Waals surface area contributed by atoms with E-state index in [4.69, 9.17) is 23.2 Å². The molecule has 0 saturated carbocycles. The van der Waals surface area contributed by atoms with E-state index >= 15 is 0 Å². The van der Waals surface area contributed by atoms with Gasteiger partial charge in [-0.15, -0.1) is 11.3 Å². The van der Waals surface area contributed by atoms with E-state index in [1.54, 1.807) is 12.1 Å². The molecule has 0 saturated heterocycles. The SMILES string of the molecule is Cc1cc2c(Nc3ccc(Cl)cc3F)nc(Cl)nc2s1. The van der Waals surface area contributed by atoms with Crippen LogP contribution in [0.1, 0.15) is 4.88 Å². The molecular formula is C13H8Cl2FN3S. The first kappa shape index (κ1) is 13.5. The van der Waals surface area contributed by atoms with Gasteiger partial charge >= 0.3 is 0 Å². The van der Waals surface area contributed by atoms with Gasteiger partial charge in [-0.1, -0.05) is 11.6 Å². The maximum Gasteiger partial charge on any atom is 0.225 e. The van der Waals surface area contributed by atoms with Gasteiger partial charge in [-0.25, -0.2) is 9.37 Å². The highest BCUT2D eigenvalue weighted by Crippen LogP contribution is 2.32. The van der Waals surface area contributed by atoms with Crippen molar-refractivity contribution >= 4 is 56.3 Å². The molecule has 2 heterocycles. The number of benzene rings is 1. The predicted molar refractivity (Wildman–Crippen MR) is 81.9 cm³/mol. The molecule has 3 nitrogen and oxygen atoms in total. The van der Waals surface area contributed by atoms with Crippen molar-refractivity contribution in [1.29, 1.82) is 0 Å². The minimum absolute atomic E-state index is 0.122. The Bertz CT molecular complexity index is 804. The Kier molecular flexibility index (Phi) is 3.50. The van der Waals surface area contributed by atoms with Gasteiger partial charge in [-0.05, 0) is 42.8 Å². The molecule has 2 aromatic heterocycles. The molecule has 1 N–H and O–H groups in total. The monoisotopic (exact) mass is 327 g/mol. The highest BCUT2D eigenvalue weighted by atomic mass is 35.5. The van der Waals surface area contributed by atoms with Gasteiger partial charge in [0.25, 0.3) is 0 Å². The van der Waals surface area contributed by atoms with Crippen molar-refractivity contribution in [3.05, 3.63) is 45.3 Å². The van der Waals surface area contributed by atoms with E-state index in [0.29, 0.717) is 10.8 Å². The summed E-state index contributed by atoms with van der Waals surface area (Å²) in [6, 6.07) is 6.33. The van der Waals surface area contributed by atoms with Gasteiger partial charge in [0, 0.05) is 9.90 Å². The molecule has 0 amide bonds. The Labute approximate surface area is 128 Å². The van der Waals surface area contributed by atoms with E-state index in [9.17, 15) is 4.39 Å². The lowest BCUT2D eigenvalue weighted by molar-refractivity contribution is 0.632. The number of halogens is 3. The summed E-state index contributed by atoms with van der Waals surface area (Å²) in [5.41, 5.74) is 0.286. The number of rotatable bonds is 2. The summed E-state index contributed by atoms with van der Waals surface area (Å²) in [5, 5.41) is 4.21. The fourth-order valence-electron chi connectivity index (χ4n) is 1.83. The molecule has 0 aliphatic carbocycles. The van der Waals surface area contributed by atoms with Gasteiger partial charge in [0.1, 0.15) is 16.5 Å². The van der Waals surface area contributed by atoms with Crippen molar-refractivity contribution in [2.45, 2.75) is 6.92 Å². The van der Waals surface area contributed by atoms with Crippen molar-refractivity contribution < 1.29 is 4.39 Å². The molecule has 3 rings (SSSR count). The standard InChI is InChI=1S/C13H8Cl2FN3S/c1-6-4-8-11(18-13(15)19-12(8)20-6)17-10-3-2-7(14)5-9(10)16/h2-5H,1H3,(H,17,18,19). The van der Waals surface area contributed by atoms with E-state index in [0.717, 1.165) is 15.1 Å². The van der Waals surface area contributed by atoms with Crippen LogP contribution in [-0.4, -0.2) is 9.97 Å². The topological polar surface area (TPSA) is 37.8 Å². The summed E-state index contributed by atoms with van der Waals surface area (Å²) in [6.45, 7) is 1.97. The summed E-state index contributed by atoms with van der Waals surface area (Å²) in [4.78, 5) is 10.1. The molecule has 0 unspecified atom stereocenters. The lowest BCUT2D eigenvalue weighted by atomic mass is 10.3. The average Bonchev–Trinajstić information content (AvgIpc) is 2.73. The molecular weight excluding hydrogens is 320 g/mol. The van der Waals surface area contributed by atoms with Crippen LogP contribution in [0.3, 0.4) is 0 Å². The molecule has 0 bridgehead atoms. The summed E-state index contributed by atoms with van der Waals surface area (Å²) in [6.07, 6.45) is 0. The summed E-state index contributed by atoms with van der Waals surface area (Å²) >= 11 is 13.1. The third kappa shape index (κ3) is 2.57. The fraction of sp³-hybridized carbons (Fsp3) is 0.0769. The number of nitrogens with zero attached hydrogens (tertiary/aromatic N) is 2. The number of hydrogen-bond acceptors (Lipinski definition) is 4. The van der Waals surface area contributed by atoms with E-state index in [1.165, 1.54) is 17.4 Å². The number of fused-ring (bicyclic) bond motifs is 1. The summed E-state index contributed by atoms with van der Waals surface area (Å²) in [7, 11) is 0. The van der Waals surface area contributed by atoms with Crippen LogP contribution in [0, 0.1) is 12.7 Å². The van der Waals surface area contributed by atoms with Gasteiger partial charge in [-0.3, -0.25) is 0 Å². The van der Waals surface area contributed by atoms with Crippen LogP contribution < -0.4 is 5.32 Å². The molecule has 0 aliphatic rings. The zero-order chi connectivity index (χ0) is 14.3. The number of aryl methyl sites for hydroxylation is 1. The lowest BCUT2D eigenvalue weighted by Crippen LogP contribution is -1.98. The van der Waals surface area contributed by atoms with E-state index < -0.39 is 5.82 Å². The normalized spacial score (nSPS) is 11.0. The fourth-order valence-corrected chi connectivity index (χ4v) is 3.09. The summed E-state index contributed by atoms with van der Waals surface area (Å²) < 4.78 is 13.8. The smallest absolute Gasteiger partial charge is 0.225 e. The first-order valence-electron chi connectivity index (χ1n) is 5.69. The molecule has 1 aromatic carbocycles. The van der Waals surface area contributed by atoms with Crippen LogP contribution in [0.15, 0.2) is 24.3 Å². The van der Waals surface area contributed by atoms with Gasteiger partial charge in [0.2, 0.25) is 5.28 Å². The second-order valence-electron chi connectivity index (χ2n) is 4.17. The third-order valence-electron chi connectivity index (χ3n) is 2.67. The molecule has 102 valence electrons. The minimum Gasteiger partial charge on any atom is -0.337 e. The maximum absolute atomic E-state index is 13.8. The van der Waals surface area contributed by atoms with Crippen molar-refractivity contribution in [2.24, 2.45) is 0 Å². The zero-order valence-corrected chi connectivity index (χ0v) is 12.6. The highest BCUT2D eigenvalue weighted by molar-refractivity contribution is 7.18. The van der Waals surface area contributed by atoms with Crippen molar-refractivity contribution in [3.63, 3.8) is 0 Å². The van der Waals surface area contributed by atoms with Crippen molar-refractivity contribution in [2.75, 3.05) is 5.32 Å². The Balaban J connectivity index is 2.10. The van der Waals surface area contributed by atoms with Crippen LogP contribution in [0.25, 0.3) is 10.2 Å². The number of nitrogens with one attached hydrogen (secondary N) is 1. The third-order valence-corrected chi connectivity index (χ3v) is 4.02. The molecule has 0 radical (unpaired) electrons. The van der Waals surface area contributed by atoms with Gasteiger partial charge < -0.3 is 5.32 Å². The van der Waals surface area contributed by atoms with Gasteiger partial charge in [0.15, 0.2) is 0 Å². The van der Waals surface area contributed by atoms with Crippen LogP contribution in [0.4, 0.5) is 15.9 Å². The number of anilines is 2. The first-order chi connectivity index (χ1) is 9.52. The quantitative estimate of drug-likeness (QED) is 0.658. The zero-order valence-electron chi connectivity index (χ0n) is 10.2. The second-order valence-corrected chi connectivity index (χ2v) is 6.18. The van der Waals surface area contributed by atoms with Crippen LogP contribution in [0.5, 0.6) is 0 Å². The van der Waals surface area contributed by atoms with Gasteiger partial charge in [0.05, 0.1) is 11.1 Å².